The van der Waals surface area contributed by atoms with Crippen molar-refractivity contribution in [2.45, 2.75) is 22.5 Å². The van der Waals surface area contributed by atoms with Gasteiger partial charge >= 0.3 is 5.97 Å². The smallest absolute Gasteiger partial charge is 0.326 e. The molecule has 1 N–H and O–H groups in total. The molecule has 0 radical (unpaired) electrons. The number of ether oxygens (including phenoxy) is 1. The number of esters is 1. The van der Waals surface area contributed by atoms with E-state index in [0.29, 0.717) is 18.5 Å². The fourth-order valence-corrected chi connectivity index (χ4v) is 4.60. The van der Waals surface area contributed by atoms with Gasteiger partial charge in [0.25, 0.3) is 5.91 Å². The molecule has 1 aliphatic heterocycles. The Morgan fingerprint density at radius 2 is 1.59 bits per heavy atom. The van der Waals surface area contributed by atoms with Crippen molar-refractivity contribution in [1.82, 2.24) is 4.90 Å². The molecule has 2 aliphatic rings. The van der Waals surface area contributed by atoms with Crippen LogP contribution in [0.1, 0.15) is 12.8 Å². The molecule has 144 valence electrons. The van der Waals surface area contributed by atoms with Crippen molar-refractivity contribution in [3.05, 3.63) is 30.3 Å². The van der Waals surface area contributed by atoms with Crippen molar-refractivity contribution in [3.8, 4) is 0 Å². The molecule has 0 aromatic heterocycles. The summed E-state index contributed by atoms with van der Waals surface area (Å²) in [7, 11) is 0. The number of alkyl halides is 2. The molecule has 27 heavy (non-hydrogen) atoms. The highest BCUT2D eigenvalue weighted by molar-refractivity contribution is 9.12. The molecular formula is C18H18Br2N2O5. The Bertz CT molecular complexity index is 729. The number of rotatable bonds is 5. The van der Waals surface area contributed by atoms with E-state index in [1.807, 2.05) is 6.07 Å². The van der Waals surface area contributed by atoms with Gasteiger partial charge in [0.15, 0.2) is 6.61 Å². The number of anilines is 1. The topological polar surface area (TPSA) is 92.8 Å². The first-order valence-corrected chi connectivity index (χ1v) is 10.3. The molecule has 0 bridgehead atoms. The highest BCUT2D eigenvalue weighted by Gasteiger charge is 2.52. The molecule has 1 heterocycles. The zero-order valence-electron chi connectivity index (χ0n) is 14.3. The summed E-state index contributed by atoms with van der Waals surface area (Å²) in [6.45, 7) is -0.951. The lowest BCUT2D eigenvalue weighted by molar-refractivity contribution is -0.154. The summed E-state index contributed by atoms with van der Waals surface area (Å²) in [6, 6.07) is 8.75. The first-order valence-electron chi connectivity index (χ1n) is 8.50. The molecule has 9 heteroatoms. The maximum Gasteiger partial charge on any atom is 0.326 e. The minimum atomic E-state index is -0.788. The van der Waals surface area contributed by atoms with Gasteiger partial charge in [-0.1, -0.05) is 50.1 Å². The molecule has 1 aromatic carbocycles. The number of halogens is 2. The van der Waals surface area contributed by atoms with E-state index >= 15 is 0 Å². The zero-order valence-corrected chi connectivity index (χ0v) is 17.4. The van der Waals surface area contributed by atoms with Crippen molar-refractivity contribution in [2.24, 2.45) is 11.8 Å². The molecule has 2 fully saturated rings. The standard InChI is InChI=1S/C18H18Br2N2O5/c19-13-6-11-12(7-14(13)20)18(26)22(17(11)25)8-16(24)27-9-15(23)21-10-4-2-1-3-5-10/h1-5,11-14H,6-9H2,(H,21,23)/t11-,12+,13+,14-. The molecule has 4 atom stereocenters. The van der Waals surface area contributed by atoms with Crippen LogP contribution in [0.15, 0.2) is 30.3 Å². The number of imide groups is 1. The predicted octanol–water partition coefficient (Wildman–Crippen LogP) is 2.09. The van der Waals surface area contributed by atoms with Crippen LogP contribution in [0.3, 0.4) is 0 Å². The summed E-state index contributed by atoms with van der Waals surface area (Å²) in [5.74, 6) is -2.80. The molecule has 1 saturated heterocycles. The number of nitrogens with zero attached hydrogens (tertiary/aromatic N) is 1. The Hall–Kier alpha value is -1.74. The van der Waals surface area contributed by atoms with E-state index in [2.05, 4.69) is 37.2 Å². The lowest BCUT2D eigenvalue weighted by atomic mass is 9.81. The number of hydrogen-bond donors (Lipinski definition) is 1. The van der Waals surface area contributed by atoms with Crippen molar-refractivity contribution < 1.29 is 23.9 Å². The second kappa shape index (κ2) is 8.52. The molecule has 1 aromatic rings. The zero-order chi connectivity index (χ0) is 19.6. The highest BCUT2D eigenvalue weighted by atomic mass is 79.9. The third-order valence-corrected chi connectivity index (χ3v) is 7.45. The van der Waals surface area contributed by atoms with Crippen LogP contribution in [-0.2, 0) is 23.9 Å². The van der Waals surface area contributed by atoms with Crippen LogP contribution in [0.4, 0.5) is 5.69 Å². The number of benzene rings is 1. The minimum absolute atomic E-state index is 0.101. The number of hydrogen-bond acceptors (Lipinski definition) is 5. The summed E-state index contributed by atoms with van der Waals surface area (Å²) < 4.78 is 4.91. The largest absolute Gasteiger partial charge is 0.454 e. The van der Waals surface area contributed by atoms with Gasteiger partial charge in [0.2, 0.25) is 11.8 Å². The van der Waals surface area contributed by atoms with Gasteiger partial charge in [-0.15, -0.1) is 0 Å². The van der Waals surface area contributed by atoms with Crippen LogP contribution in [0.5, 0.6) is 0 Å². The van der Waals surface area contributed by atoms with Gasteiger partial charge in [0, 0.05) is 15.3 Å². The first-order chi connectivity index (χ1) is 12.9. The van der Waals surface area contributed by atoms with Crippen LogP contribution in [0, 0.1) is 11.8 Å². The SMILES string of the molecule is O=C(COC(=O)CN1C(=O)[C@H]2C[C@@H](Br)[C@@H](Br)C[C@H]2C1=O)Nc1ccccc1. The number of fused-ring (bicyclic) bond motifs is 1. The fourth-order valence-electron chi connectivity index (χ4n) is 3.36. The van der Waals surface area contributed by atoms with Crippen LogP contribution < -0.4 is 5.32 Å². The van der Waals surface area contributed by atoms with E-state index in [9.17, 15) is 19.2 Å². The van der Waals surface area contributed by atoms with Crippen molar-refractivity contribution >= 4 is 61.2 Å². The molecule has 0 unspecified atom stereocenters. The molecular weight excluding hydrogens is 484 g/mol. The number of nitrogens with one attached hydrogen (secondary N) is 1. The summed E-state index contributed by atoms with van der Waals surface area (Å²) in [4.78, 5) is 50.0. The number of likely N-dealkylation sites (tertiary alicyclic amines) is 1. The predicted molar refractivity (Wildman–Crippen MR) is 104 cm³/mol. The maximum atomic E-state index is 12.5. The van der Waals surface area contributed by atoms with Crippen molar-refractivity contribution in [3.63, 3.8) is 0 Å². The minimum Gasteiger partial charge on any atom is -0.454 e. The Balaban J connectivity index is 1.51. The van der Waals surface area contributed by atoms with Gasteiger partial charge in [-0.2, -0.15) is 0 Å². The summed E-state index contributed by atoms with van der Waals surface area (Å²) >= 11 is 7.02. The quantitative estimate of drug-likeness (QED) is 0.379. The Morgan fingerprint density at radius 3 is 2.15 bits per heavy atom. The number of carbonyl (C=O) groups is 4. The van der Waals surface area contributed by atoms with Gasteiger partial charge in [-0.25, -0.2) is 0 Å². The molecule has 1 saturated carbocycles. The third-order valence-electron chi connectivity index (χ3n) is 4.71. The van der Waals surface area contributed by atoms with Crippen LogP contribution >= 0.6 is 31.9 Å². The number of carbonyl (C=O) groups excluding carboxylic acids is 4. The summed E-state index contributed by atoms with van der Waals surface area (Å²) in [5.41, 5.74) is 0.584. The summed E-state index contributed by atoms with van der Waals surface area (Å²) in [5, 5.41) is 2.58. The maximum absolute atomic E-state index is 12.5. The summed E-state index contributed by atoms with van der Waals surface area (Å²) in [6.07, 6.45) is 1.08. The molecule has 0 spiro atoms. The van der Waals surface area contributed by atoms with Gasteiger partial charge < -0.3 is 10.1 Å². The van der Waals surface area contributed by atoms with E-state index in [0.717, 1.165) is 4.90 Å². The lowest BCUT2D eigenvalue weighted by Gasteiger charge is -2.29. The van der Waals surface area contributed by atoms with E-state index in [4.69, 9.17) is 4.74 Å². The number of amides is 3. The normalized spacial score (nSPS) is 27.3. The molecule has 3 rings (SSSR count). The van der Waals surface area contributed by atoms with Crippen LogP contribution in [0.25, 0.3) is 0 Å². The highest BCUT2D eigenvalue weighted by Crippen LogP contribution is 2.43. The first kappa shape index (κ1) is 20.0. The van der Waals surface area contributed by atoms with Gasteiger partial charge in [0.1, 0.15) is 6.54 Å². The van der Waals surface area contributed by atoms with Crippen molar-refractivity contribution in [2.75, 3.05) is 18.5 Å². The molecule has 1 aliphatic carbocycles. The van der Waals surface area contributed by atoms with Crippen LogP contribution in [0.2, 0.25) is 0 Å². The van der Waals surface area contributed by atoms with E-state index in [-0.39, 0.29) is 21.5 Å². The average Bonchev–Trinajstić information content (AvgIpc) is 2.86. The van der Waals surface area contributed by atoms with Gasteiger partial charge in [-0.05, 0) is 25.0 Å². The molecule has 7 nitrogen and oxygen atoms in total. The van der Waals surface area contributed by atoms with E-state index < -0.39 is 36.9 Å². The number of para-hydroxylation sites is 1. The van der Waals surface area contributed by atoms with Crippen molar-refractivity contribution in [1.29, 1.82) is 0 Å². The second-order valence-corrected chi connectivity index (χ2v) is 8.91. The third kappa shape index (κ3) is 4.57. The Morgan fingerprint density at radius 1 is 1.04 bits per heavy atom. The monoisotopic (exact) mass is 500 g/mol. The van der Waals surface area contributed by atoms with Gasteiger partial charge in [-0.3, -0.25) is 24.1 Å². The van der Waals surface area contributed by atoms with E-state index in [1.165, 1.54) is 0 Å². The Labute approximate surface area is 173 Å². The average molecular weight is 502 g/mol. The lowest BCUT2D eigenvalue weighted by Crippen LogP contribution is -2.37. The fraction of sp³-hybridized carbons (Fsp3) is 0.444. The second-order valence-electron chi connectivity index (χ2n) is 6.55. The molecule has 3 amide bonds. The van der Waals surface area contributed by atoms with Gasteiger partial charge in [0.05, 0.1) is 11.8 Å². The van der Waals surface area contributed by atoms with E-state index in [1.54, 1.807) is 24.3 Å². The Kier molecular flexibility index (Phi) is 6.31. The van der Waals surface area contributed by atoms with Crippen LogP contribution in [-0.4, -0.2) is 51.4 Å².